The molecule has 0 saturated heterocycles. The number of ether oxygens (including phenoxy) is 2. The van der Waals surface area contributed by atoms with Crippen LogP contribution in [0.25, 0.3) is 0 Å². The van der Waals surface area contributed by atoms with Crippen LogP contribution in [0.3, 0.4) is 0 Å². The number of benzene rings is 2. The van der Waals surface area contributed by atoms with E-state index < -0.39 is 15.8 Å². The van der Waals surface area contributed by atoms with Gasteiger partial charge >= 0.3 is 0 Å². The van der Waals surface area contributed by atoms with E-state index in [1.165, 1.54) is 43.5 Å². The summed E-state index contributed by atoms with van der Waals surface area (Å²) in [6, 6.07) is 7.80. The smallest absolute Gasteiger partial charge is 0.271 e. The summed E-state index contributed by atoms with van der Waals surface area (Å²) in [6.07, 6.45) is 0. The Bertz CT molecular complexity index is 867. The van der Waals surface area contributed by atoms with Gasteiger partial charge in [0.05, 0.1) is 22.6 Å². The van der Waals surface area contributed by atoms with Crippen LogP contribution in [0.4, 0.5) is 17.1 Å². The van der Waals surface area contributed by atoms with Crippen LogP contribution in [0.2, 0.25) is 0 Å². The number of hydrogen-bond donors (Lipinski definition) is 1. The minimum absolute atomic E-state index is 0.0827. The molecule has 26 heavy (non-hydrogen) atoms. The maximum absolute atomic E-state index is 12.1. The summed E-state index contributed by atoms with van der Waals surface area (Å²) in [5.74, 6) is 0.00812. The molecule has 0 radical (unpaired) electrons. The Kier molecular flexibility index (Phi) is 5.68. The number of rotatable bonds is 7. The molecule has 0 unspecified atom stereocenters. The van der Waals surface area contributed by atoms with E-state index in [-0.39, 0.29) is 29.4 Å². The van der Waals surface area contributed by atoms with Crippen LogP contribution in [0.1, 0.15) is 5.56 Å². The maximum atomic E-state index is 12.1. The third-order valence-corrected chi connectivity index (χ3v) is 3.40. The van der Waals surface area contributed by atoms with Crippen molar-refractivity contribution in [3.8, 4) is 11.5 Å². The van der Waals surface area contributed by atoms with E-state index in [2.05, 4.69) is 5.32 Å². The first-order valence-corrected chi connectivity index (χ1v) is 7.32. The number of nitrogens with zero attached hydrogens (tertiary/aromatic N) is 2. The lowest BCUT2D eigenvalue weighted by Crippen LogP contribution is -2.20. The summed E-state index contributed by atoms with van der Waals surface area (Å²) in [4.78, 5) is 32.5. The van der Waals surface area contributed by atoms with Gasteiger partial charge in [-0.15, -0.1) is 0 Å². The molecule has 0 aliphatic rings. The molecule has 0 atom stereocenters. The number of amides is 1. The lowest BCUT2D eigenvalue weighted by atomic mass is 10.2. The van der Waals surface area contributed by atoms with Gasteiger partial charge in [-0.25, -0.2) is 0 Å². The van der Waals surface area contributed by atoms with Crippen LogP contribution >= 0.6 is 0 Å². The number of nitro benzene ring substituents is 2. The first-order chi connectivity index (χ1) is 12.3. The molecule has 0 aromatic heterocycles. The molecule has 0 aliphatic carbocycles. The second-order valence-corrected chi connectivity index (χ2v) is 5.19. The number of anilines is 1. The Morgan fingerprint density at radius 3 is 2.15 bits per heavy atom. The van der Waals surface area contributed by atoms with E-state index in [0.717, 1.165) is 0 Å². The Morgan fingerprint density at radius 2 is 1.62 bits per heavy atom. The third kappa shape index (κ3) is 4.44. The van der Waals surface area contributed by atoms with Gasteiger partial charge < -0.3 is 14.8 Å². The summed E-state index contributed by atoms with van der Waals surface area (Å²) in [5, 5.41) is 24.0. The van der Waals surface area contributed by atoms with Gasteiger partial charge in [0, 0.05) is 24.3 Å². The van der Waals surface area contributed by atoms with E-state index in [1.54, 1.807) is 6.92 Å². The van der Waals surface area contributed by atoms with Gasteiger partial charge in [-0.05, 0) is 24.6 Å². The molecular weight excluding hydrogens is 346 g/mol. The molecule has 2 aromatic rings. The monoisotopic (exact) mass is 361 g/mol. The molecule has 2 rings (SSSR count). The highest BCUT2D eigenvalue weighted by Gasteiger charge is 2.15. The standard InChI is InChI=1S/C16H15N3O7/c1-10-7-11(18(21)22)3-5-14(10)26-9-16(20)17-13-8-12(19(23)24)4-6-15(13)25-2/h3-8H,9H2,1-2H3,(H,17,20). The highest BCUT2D eigenvalue weighted by molar-refractivity contribution is 5.93. The highest BCUT2D eigenvalue weighted by Crippen LogP contribution is 2.29. The van der Waals surface area contributed by atoms with Crippen molar-refractivity contribution in [3.63, 3.8) is 0 Å². The average Bonchev–Trinajstić information content (AvgIpc) is 2.60. The molecule has 1 amide bonds. The van der Waals surface area contributed by atoms with Crippen molar-refractivity contribution >= 4 is 23.0 Å². The zero-order chi connectivity index (χ0) is 19.3. The number of non-ortho nitro benzene ring substituents is 2. The van der Waals surface area contributed by atoms with E-state index in [1.807, 2.05) is 0 Å². The number of nitrogens with one attached hydrogen (secondary N) is 1. The number of carbonyl (C=O) groups excluding carboxylic acids is 1. The summed E-state index contributed by atoms with van der Waals surface area (Å²) < 4.78 is 10.4. The molecule has 136 valence electrons. The van der Waals surface area contributed by atoms with Gasteiger partial charge in [0.15, 0.2) is 6.61 Å². The normalized spacial score (nSPS) is 10.1. The zero-order valence-electron chi connectivity index (χ0n) is 13.9. The van der Waals surface area contributed by atoms with Crippen LogP contribution < -0.4 is 14.8 Å². The van der Waals surface area contributed by atoms with Crippen molar-refractivity contribution in [1.29, 1.82) is 0 Å². The molecule has 0 bridgehead atoms. The number of aryl methyl sites for hydroxylation is 1. The average molecular weight is 361 g/mol. The molecule has 10 heteroatoms. The van der Waals surface area contributed by atoms with E-state index in [4.69, 9.17) is 9.47 Å². The predicted octanol–water partition coefficient (Wildman–Crippen LogP) is 2.84. The van der Waals surface area contributed by atoms with Gasteiger partial charge in [-0.2, -0.15) is 0 Å². The Morgan fingerprint density at radius 1 is 1.04 bits per heavy atom. The number of nitro groups is 2. The number of hydrogen-bond acceptors (Lipinski definition) is 7. The fourth-order valence-corrected chi connectivity index (χ4v) is 2.15. The van der Waals surface area contributed by atoms with Gasteiger partial charge in [-0.1, -0.05) is 0 Å². The van der Waals surface area contributed by atoms with Gasteiger partial charge in [-0.3, -0.25) is 25.0 Å². The Hall–Kier alpha value is -3.69. The van der Waals surface area contributed by atoms with Crippen molar-refractivity contribution in [2.75, 3.05) is 19.0 Å². The van der Waals surface area contributed by atoms with Crippen LogP contribution in [0.5, 0.6) is 11.5 Å². The molecule has 0 heterocycles. The van der Waals surface area contributed by atoms with Gasteiger partial charge in [0.2, 0.25) is 0 Å². The van der Waals surface area contributed by atoms with Gasteiger partial charge in [0.1, 0.15) is 11.5 Å². The molecule has 1 N–H and O–H groups in total. The van der Waals surface area contributed by atoms with Crippen molar-refractivity contribution in [2.24, 2.45) is 0 Å². The first kappa shape index (κ1) is 18.6. The second kappa shape index (κ2) is 7.92. The van der Waals surface area contributed by atoms with Crippen molar-refractivity contribution < 1.29 is 24.1 Å². The summed E-state index contributed by atoms with van der Waals surface area (Å²) >= 11 is 0. The highest BCUT2D eigenvalue weighted by atomic mass is 16.6. The van der Waals surface area contributed by atoms with E-state index in [9.17, 15) is 25.0 Å². The summed E-state index contributed by atoms with van der Waals surface area (Å²) in [7, 11) is 1.37. The van der Waals surface area contributed by atoms with Crippen molar-refractivity contribution in [2.45, 2.75) is 6.92 Å². The summed E-state index contributed by atoms with van der Waals surface area (Å²) in [6.45, 7) is 1.23. The Labute approximate surface area is 147 Å². The topological polar surface area (TPSA) is 134 Å². The van der Waals surface area contributed by atoms with E-state index >= 15 is 0 Å². The van der Waals surface area contributed by atoms with Crippen LogP contribution in [-0.4, -0.2) is 29.5 Å². The quantitative estimate of drug-likeness (QED) is 0.592. The minimum atomic E-state index is -0.591. The maximum Gasteiger partial charge on any atom is 0.271 e. The molecule has 0 aliphatic heterocycles. The SMILES string of the molecule is COc1ccc([N+](=O)[O-])cc1NC(=O)COc1ccc([N+](=O)[O-])cc1C. The largest absolute Gasteiger partial charge is 0.495 e. The van der Waals surface area contributed by atoms with Crippen molar-refractivity contribution in [1.82, 2.24) is 0 Å². The van der Waals surface area contributed by atoms with E-state index in [0.29, 0.717) is 11.3 Å². The molecule has 0 fully saturated rings. The lowest BCUT2D eigenvalue weighted by Gasteiger charge is -2.11. The van der Waals surface area contributed by atoms with Gasteiger partial charge in [0.25, 0.3) is 17.3 Å². The second-order valence-electron chi connectivity index (χ2n) is 5.19. The third-order valence-electron chi connectivity index (χ3n) is 3.40. The fourth-order valence-electron chi connectivity index (χ4n) is 2.15. The molecular formula is C16H15N3O7. The zero-order valence-corrected chi connectivity index (χ0v) is 13.9. The fraction of sp³-hybridized carbons (Fsp3) is 0.188. The Balaban J connectivity index is 2.06. The number of methoxy groups -OCH3 is 1. The molecule has 2 aromatic carbocycles. The number of carbonyl (C=O) groups is 1. The van der Waals surface area contributed by atoms with Crippen LogP contribution in [0.15, 0.2) is 36.4 Å². The lowest BCUT2D eigenvalue weighted by molar-refractivity contribution is -0.385. The predicted molar refractivity (Wildman–Crippen MR) is 91.6 cm³/mol. The molecule has 10 nitrogen and oxygen atoms in total. The van der Waals surface area contributed by atoms with Crippen LogP contribution in [-0.2, 0) is 4.79 Å². The molecule has 0 saturated carbocycles. The first-order valence-electron chi connectivity index (χ1n) is 7.32. The van der Waals surface area contributed by atoms with Crippen molar-refractivity contribution in [3.05, 3.63) is 62.2 Å². The minimum Gasteiger partial charge on any atom is -0.495 e. The summed E-state index contributed by atoms with van der Waals surface area (Å²) in [5.41, 5.74) is 0.351. The van der Waals surface area contributed by atoms with Crippen LogP contribution in [0, 0.1) is 27.2 Å². The molecule has 0 spiro atoms.